The Morgan fingerprint density at radius 3 is 1.35 bits per heavy atom. The van der Waals surface area contributed by atoms with E-state index < -0.39 is 17.8 Å². The van der Waals surface area contributed by atoms with Crippen molar-refractivity contribution < 1.29 is 38.3 Å². The molecule has 9 aromatic rings. The number of unbranched alkanes of at least 4 members (excludes halogenated alkanes) is 6. The molecule has 0 bridgehead atoms. The summed E-state index contributed by atoms with van der Waals surface area (Å²) in [5.74, 6) is -2.39. The number of ketones is 2. The molecule has 4 amide bonds. The number of anilines is 1. The molecular weight excluding hydrogens is 925 g/mol. The predicted octanol–water partition coefficient (Wildman–Crippen LogP) is 14.1. The van der Waals surface area contributed by atoms with Crippen LogP contribution in [0.15, 0.2) is 140 Å². The van der Waals surface area contributed by atoms with Gasteiger partial charge in [0, 0.05) is 61.3 Å². The predicted molar refractivity (Wildman–Crippen MR) is 287 cm³/mol. The fourth-order valence-electron chi connectivity index (χ4n) is 11.8. The van der Waals surface area contributed by atoms with Crippen molar-refractivity contribution in [3.05, 3.63) is 190 Å². The average Bonchev–Trinajstić information content (AvgIpc) is 3.43. The normalized spacial score (nSPS) is 14.1. The Bertz CT molecular complexity index is 3760. The van der Waals surface area contributed by atoms with Crippen molar-refractivity contribution in [1.82, 2.24) is 4.90 Å². The lowest BCUT2D eigenvalue weighted by molar-refractivity contribution is 0.0515. The zero-order valence-corrected chi connectivity index (χ0v) is 41.1. The smallest absolute Gasteiger partial charge is 0.343 e. The molecule has 0 radical (unpaired) electrons. The molecule has 9 aromatic carbocycles. The molecule has 364 valence electrons. The second kappa shape index (κ2) is 18.4. The number of benzene rings is 9. The number of rotatable bonds is 15. The van der Waals surface area contributed by atoms with Gasteiger partial charge in [0.1, 0.15) is 5.75 Å². The van der Waals surface area contributed by atoms with Crippen molar-refractivity contribution in [3.63, 3.8) is 0 Å². The lowest BCUT2D eigenvalue weighted by Gasteiger charge is -2.35. The van der Waals surface area contributed by atoms with Crippen LogP contribution in [0, 0.1) is 0 Å². The van der Waals surface area contributed by atoms with Crippen LogP contribution >= 0.6 is 0 Å². The Hall–Kier alpha value is -8.63. The van der Waals surface area contributed by atoms with Crippen molar-refractivity contribution >= 4 is 89.9 Å². The van der Waals surface area contributed by atoms with E-state index in [0.29, 0.717) is 49.8 Å². The fraction of sp³-hybridized carbons (Fsp3) is 0.203. The molecule has 0 aromatic heterocycles. The number of hydrogen-bond donors (Lipinski definition) is 0. The zero-order valence-electron chi connectivity index (χ0n) is 41.1. The van der Waals surface area contributed by atoms with Gasteiger partial charge in [0.2, 0.25) is 0 Å². The standard InChI is InChI=1S/C64H50N2O8/c1-3-5-7-9-13-39(14-10-8-6-4-2)65-60(69)49-31-27-42-44-29-33-51-57-52(34-30-45(55(44)57)43-28-32-50(61(65)70)56(49)54(42)43)63(72)66(62(51)71)40-22-17-36(18-23-40)37-19-24-41(25-20-37)74-64(73)38-21-26-48-53(35-38)59(68)47-16-12-11-15-46(47)58(48)67/h11-12,15-35,39H,3-10,13-14H2,1-2H3. The van der Waals surface area contributed by atoms with Crippen molar-refractivity contribution in [2.45, 2.75) is 84.1 Å². The lowest BCUT2D eigenvalue weighted by Crippen LogP contribution is -2.47. The lowest BCUT2D eigenvalue weighted by atomic mass is 9.82. The molecule has 2 heterocycles. The fourth-order valence-corrected chi connectivity index (χ4v) is 11.8. The van der Waals surface area contributed by atoms with Crippen molar-refractivity contribution in [3.8, 4) is 16.9 Å². The Morgan fingerprint density at radius 1 is 0.432 bits per heavy atom. The van der Waals surface area contributed by atoms with Gasteiger partial charge in [-0.3, -0.25) is 33.7 Å². The summed E-state index contributed by atoms with van der Waals surface area (Å²) in [7, 11) is 0. The van der Waals surface area contributed by atoms with Gasteiger partial charge < -0.3 is 4.74 Å². The van der Waals surface area contributed by atoms with Crippen LogP contribution in [0.3, 0.4) is 0 Å². The van der Waals surface area contributed by atoms with Crippen LogP contribution in [0.5, 0.6) is 5.75 Å². The van der Waals surface area contributed by atoms with E-state index in [9.17, 15) is 33.6 Å². The Morgan fingerprint density at radius 2 is 0.865 bits per heavy atom. The molecule has 10 heteroatoms. The van der Waals surface area contributed by atoms with E-state index in [1.807, 2.05) is 48.5 Å². The molecule has 0 saturated carbocycles. The first-order valence-electron chi connectivity index (χ1n) is 25.8. The average molecular weight is 975 g/mol. The maximum atomic E-state index is 14.6. The summed E-state index contributed by atoms with van der Waals surface area (Å²) in [5, 5.41) is 6.24. The number of carbonyl (C=O) groups excluding carboxylic acids is 7. The van der Waals surface area contributed by atoms with E-state index in [0.717, 1.165) is 108 Å². The quantitative estimate of drug-likeness (QED) is 0.0247. The summed E-state index contributed by atoms with van der Waals surface area (Å²) < 4.78 is 5.67. The van der Waals surface area contributed by atoms with Crippen LogP contribution in [0.4, 0.5) is 5.69 Å². The molecule has 0 N–H and O–H groups in total. The van der Waals surface area contributed by atoms with Crippen molar-refractivity contribution in [2.75, 3.05) is 4.90 Å². The van der Waals surface area contributed by atoms with E-state index in [-0.39, 0.29) is 51.9 Å². The molecule has 0 spiro atoms. The minimum absolute atomic E-state index is 0.133. The zero-order chi connectivity index (χ0) is 50.9. The third-order valence-corrected chi connectivity index (χ3v) is 15.5. The van der Waals surface area contributed by atoms with E-state index in [2.05, 4.69) is 13.8 Å². The van der Waals surface area contributed by atoms with Gasteiger partial charge in [-0.25, -0.2) is 9.69 Å². The van der Waals surface area contributed by atoms with E-state index >= 15 is 0 Å². The molecular formula is C64H50N2O8. The minimum Gasteiger partial charge on any atom is -0.423 e. The first kappa shape index (κ1) is 46.4. The van der Waals surface area contributed by atoms with Crippen LogP contribution < -0.4 is 9.64 Å². The van der Waals surface area contributed by atoms with Crippen molar-refractivity contribution in [1.29, 1.82) is 0 Å². The maximum absolute atomic E-state index is 14.6. The largest absolute Gasteiger partial charge is 0.423 e. The molecule has 1 aliphatic carbocycles. The van der Waals surface area contributed by atoms with Crippen LogP contribution in [-0.4, -0.2) is 52.1 Å². The van der Waals surface area contributed by atoms with Gasteiger partial charge >= 0.3 is 5.97 Å². The summed E-state index contributed by atoms with van der Waals surface area (Å²) in [4.78, 5) is 101. The summed E-state index contributed by atoms with van der Waals surface area (Å²) in [5.41, 5.74) is 5.00. The molecule has 0 unspecified atom stereocenters. The molecule has 0 fully saturated rings. The first-order chi connectivity index (χ1) is 36.1. The SMILES string of the molecule is CCCCCCC(CCCCCC)N1C(=O)c2ccc3c4ccc5c6c(ccc(c7ccc(c2c37)C1=O)c64)C(=O)N(c1ccc(-c2ccc(OC(=O)c3ccc4c(c3)C(=O)c3ccccc3C4=O)cc2)cc1)C5=O. The summed E-state index contributed by atoms with van der Waals surface area (Å²) in [6.45, 7) is 4.36. The highest BCUT2D eigenvalue weighted by Crippen LogP contribution is 2.47. The van der Waals surface area contributed by atoms with Crippen molar-refractivity contribution in [2.24, 2.45) is 0 Å². The molecule has 2 aliphatic heterocycles. The third kappa shape index (κ3) is 7.33. The molecule has 74 heavy (non-hydrogen) atoms. The van der Waals surface area contributed by atoms with Crippen LogP contribution in [-0.2, 0) is 0 Å². The van der Waals surface area contributed by atoms with E-state index in [4.69, 9.17) is 4.74 Å². The highest BCUT2D eigenvalue weighted by Gasteiger charge is 2.40. The Balaban J connectivity index is 0.802. The number of esters is 1. The topological polar surface area (TPSA) is 135 Å². The maximum Gasteiger partial charge on any atom is 0.343 e. The Kier molecular flexibility index (Phi) is 11.6. The summed E-state index contributed by atoms with van der Waals surface area (Å²) >= 11 is 0. The van der Waals surface area contributed by atoms with Crippen LogP contribution in [0.25, 0.3) is 54.2 Å². The molecule has 3 aliphatic rings. The van der Waals surface area contributed by atoms with Gasteiger partial charge in [-0.1, -0.05) is 138 Å². The highest BCUT2D eigenvalue weighted by atomic mass is 16.5. The summed E-state index contributed by atoms with van der Waals surface area (Å²) in [6, 6.07) is 39.8. The second-order valence-electron chi connectivity index (χ2n) is 19.8. The number of ether oxygens (including phenoxy) is 1. The van der Waals surface area contributed by atoms with E-state index in [1.54, 1.807) is 77.7 Å². The summed E-state index contributed by atoms with van der Waals surface area (Å²) in [6.07, 6.45) is 10.2. The van der Waals surface area contributed by atoms with Crippen LogP contribution in [0.1, 0.15) is 162 Å². The second-order valence-corrected chi connectivity index (χ2v) is 19.8. The number of imide groups is 2. The number of amides is 4. The Labute approximate surface area is 426 Å². The monoisotopic (exact) mass is 974 g/mol. The minimum atomic E-state index is -0.682. The number of hydrogen-bond acceptors (Lipinski definition) is 8. The number of fused-ring (bicyclic) bond motifs is 4. The molecule has 0 saturated heterocycles. The first-order valence-corrected chi connectivity index (χ1v) is 25.8. The van der Waals surface area contributed by atoms with Gasteiger partial charge in [-0.15, -0.1) is 0 Å². The van der Waals surface area contributed by atoms with Gasteiger partial charge in [0.25, 0.3) is 23.6 Å². The number of nitrogens with zero attached hydrogens (tertiary/aromatic N) is 2. The molecule has 12 rings (SSSR count). The highest BCUT2D eigenvalue weighted by molar-refractivity contribution is 6.44. The van der Waals surface area contributed by atoms with E-state index in [1.165, 1.54) is 23.1 Å². The van der Waals surface area contributed by atoms with Gasteiger partial charge in [0.05, 0.1) is 11.3 Å². The van der Waals surface area contributed by atoms with Gasteiger partial charge in [-0.05, 0) is 123 Å². The number of carbonyl (C=O) groups is 7. The van der Waals surface area contributed by atoms with Gasteiger partial charge in [-0.2, -0.15) is 0 Å². The molecule has 10 nitrogen and oxygen atoms in total. The van der Waals surface area contributed by atoms with Crippen LogP contribution in [0.2, 0.25) is 0 Å². The molecule has 0 atom stereocenters. The van der Waals surface area contributed by atoms with Gasteiger partial charge in [0.15, 0.2) is 11.6 Å². The third-order valence-electron chi connectivity index (χ3n) is 15.5.